The fourth-order valence-electron chi connectivity index (χ4n) is 20.0. The number of carbonyl (C=O) groups is 6. The molecule has 4 N–H and O–H groups in total. The van der Waals surface area contributed by atoms with Gasteiger partial charge in [-0.1, -0.05) is 181 Å². The Morgan fingerprint density at radius 1 is 0.413 bits per heavy atom. The van der Waals surface area contributed by atoms with Crippen molar-refractivity contribution in [2.24, 2.45) is 112 Å². The molecule has 0 aliphatic heterocycles. The van der Waals surface area contributed by atoms with E-state index >= 15 is 0 Å². The lowest BCUT2D eigenvalue weighted by Gasteiger charge is -2.33. The molecule has 23 unspecified atom stereocenters. The van der Waals surface area contributed by atoms with Crippen molar-refractivity contribution in [3.8, 4) is 0 Å². The van der Waals surface area contributed by atoms with Gasteiger partial charge >= 0.3 is 35.8 Å². The molecule has 6 aliphatic carbocycles. The lowest BCUT2D eigenvalue weighted by Crippen LogP contribution is -2.39. The molecular weight excluding hydrogens is 1370 g/mol. The van der Waals surface area contributed by atoms with Gasteiger partial charge in [-0.15, -0.1) is 0 Å². The van der Waals surface area contributed by atoms with Crippen LogP contribution in [0.2, 0.25) is 0 Å². The Hall–Kier alpha value is -3.34. The van der Waals surface area contributed by atoms with Gasteiger partial charge in [0, 0.05) is 6.42 Å². The number of esters is 6. The predicted octanol–water partition coefficient (Wildman–Crippen LogP) is 22.0. The number of aliphatic hydroxyl groups is 4. The van der Waals surface area contributed by atoms with Crippen molar-refractivity contribution in [1.29, 1.82) is 0 Å². The largest absolute Gasteiger partial charge is 0.469 e. The van der Waals surface area contributed by atoms with Crippen LogP contribution in [-0.4, -0.2) is 118 Å². The second-order valence-corrected chi connectivity index (χ2v) is 37.0. The summed E-state index contributed by atoms with van der Waals surface area (Å²) in [5, 5.41) is 41.4. The monoisotopic (exact) mass is 1550 g/mol. The van der Waals surface area contributed by atoms with Gasteiger partial charge in [-0.2, -0.15) is 0 Å². The van der Waals surface area contributed by atoms with E-state index in [1.165, 1.54) is 143 Å². The molecule has 0 aromatic heterocycles. The summed E-state index contributed by atoms with van der Waals surface area (Å²) in [4.78, 5) is 69.8. The smallest absolute Gasteiger partial charge is 0.309 e. The molecule has 642 valence electrons. The molecule has 0 spiro atoms. The SMILES string of the molecule is CCC1CC(CC)C(C(C)C(=O)OC(C)(CC)CC)C1.CCC1CC(CC)C(C(O)CC(=O)OC(C)C)C1.CCC1CC(CC)C(CC(C)(O)CC(=O)OC(C)(C)C)C1.CCC1CC(CC)C(CC(O)CC(=O)OC)C1.CCC1CC(CC)C(CCC(=O)OC)C1.CCOC(=O)CC(C)(O)C1CC(CC)CC1CC. The van der Waals surface area contributed by atoms with Crippen LogP contribution in [0.3, 0.4) is 0 Å². The highest BCUT2D eigenvalue weighted by Crippen LogP contribution is 2.50. The first-order chi connectivity index (χ1) is 51.2. The minimum atomic E-state index is -0.955. The van der Waals surface area contributed by atoms with E-state index in [9.17, 15) is 49.2 Å². The van der Waals surface area contributed by atoms with Crippen molar-refractivity contribution in [2.75, 3.05) is 20.8 Å². The number of hydrogen-bond donors (Lipinski definition) is 4. The first-order valence-electron chi connectivity index (χ1n) is 44.9. The van der Waals surface area contributed by atoms with Gasteiger partial charge in [0.2, 0.25) is 0 Å². The zero-order valence-electron chi connectivity index (χ0n) is 75.1. The van der Waals surface area contributed by atoms with Gasteiger partial charge in [0.25, 0.3) is 0 Å². The van der Waals surface area contributed by atoms with Crippen LogP contribution in [0.25, 0.3) is 0 Å². The lowest BCUT2D eigenvalue weighted by molar-refractivity contribution is -0.166. The molecule has 23 atom stereocenters. The number of aliphatic hydroxyl groups excluding tert-OH is 2. The van der Waals surface area contributed by atoms with E-state index in [0.717, 1.165) is 98.7 Å². The third-order valence-electron chi connectivity index (χ3n) is 27.4. The van der Waals surface area contributed by atoms with Crippen LogP contribution in [0.4, 0.5) is 0 Å². The molecule has 6 aliphatic rings. The fraction of sp³-hybridized carbons (Fsp3) is 0.935. The Labute approximate surface area is 668 Å². The molecule has 109 heavy (non-hydrogen) atoms. The van der Waals surface area contributed by atoms with Gasteiger partial charge in [0.1, 0.15) is 11.2 Å². The average molecular weight is 1550 g/mol. The van der Waals surface area contributed by atoms with Gasteiger partial charge in [-0.05, 0) is 278 Å². The number of rotatable bonds is 36. The summed E-state index contributed by atoms with van der Waals surface area (Å²) in [6, 6.07) is 0. The Morgan fingerprint density at radius 3 is 1.26 bits per heavy atom. The third kappa shape index (κ3) is 38.3. The Kier molecular flexibility index (Phi) is 50.4. The van der Waals surface area contributed by atoms with E-state index < -0.39 is 29.0 Å². The average Bonchev–Trinajstić information content (AvgIpc) is 1.65. The third-order valence-corrected chi connectivity index (χ3v) is 27.4. The number of hydrogen-bond acceptors (Lipinski definition) is 16. The summed E-state index contributed by atoms with van der Waals surface area (Å²) in [7, 11) is 2.84. The quantitative estimate of drug-likeness (QED) is 0.0337. The van der Waals surface area contributed by atoms with Gasteiger partial charge in [-0.25, -0.2) is 0 Å². The van der Waals surface area contributed by atoms with Crippen LogP contribution < -0.4 is 0 Å². The summed E-state index contributed by atoms with van der Waals surface area (Å²) in [6.07, 6.45) is 33.3. The predicted molar refractivity (Wildman–Crippen MR) is 444 cm³/mol. The maximum atomic E-state index is 12.5. The van der Waals surface area contributed by atoms with Crippen LogP contribution in [0, 0.1) is 112 Å². The van der Waals surface area contributed by atoms with E-state index in [0.29, 0.717) is 66.8 Å². The first-order valence-corrected chi connectivity index (χ1v) is 44.9. The number of ether oxygens (including phenoxy) is 6. The van der Waals surface area contributed by atoms with E-state index in [1.54, 1.807) is 20.8 Å². The summed E-state index contributed by atoms with van der Waals surface area (Å²) >= 11 is 0. The van der Waals surface area contributed by atoms with Crippen molar-refractivity contribution in [3.05, 3.63) is 0 Å². The van der Waals surface area contributed by atoms with Crippen LogP contribution in [-0.2, 0) is 57.2 Å². The van der Waals surface area contributed by atoms with Crippen molar-refractivity contribution in [1.82, 2.24) is 0 Å². The zero-order chi connectivity index (χ0) is 83.2. The zero-order valence-corrected chi connectivity index (χ0v) is 75.1. The molecular formula is C93H174O16. The van der Waals surface area contributed by atoms with E-state index in [-0.39, 0.29) is 91.0 Å². The number of carbonyl (C=O) groups excluding carboxylic acids is 6. The molecule has 6 rings (SSSR count). The highest BCUT2D eigenvalue weighted by atomic mass is 16.6. The van der Waals surface area contributed by atoms with Gasteiger partial charge in [-0.3, -0.25) is 28.8 Å². The minimum Gasteiger partial charge on any atom is -0.469 e. The Bertz CT molecular complexity index is 2480. The molecule has 6 saturated carbocycles. The second kappa shape index (κ2) is 53.0. The van der Waals surface area contributed by atoms with Crippen LogP contribution in [0.1, 0.15) is 384 Å². The lowest BCUT2D eigenvalue weighted by atomic mass is 9.78. The first kappa shape index (κ1) is 104. The summed E-state index contributed by atoms with van der Waals surface area (Å²) in [6.45, 7) is 50.1. The summed E-state index contributed by atoms with van der Waals surface area (Å²) < 4.78 is 30.5. The molecule has 6 fully saturated rings. The maximum Gasteiger partial charge on any atom is 0.309 e. The molecule has 0 saturated heterocycles. The van der Waals surface area contributed by atoms with Crippen molar-refractivity contribution in [2.45, 2.75) is 425 Å². The molecule has 16 nitrogen and oxygen atoms in total. The van der Waals surface area contributed by atoms with Crippen LogP contribution >= 0.6 is 0 Å². The Balaban J connectivity index is 0.000000656. The van der Waals surface area contributed by atoms with Crippen molar-refractivity contribution in [3.63, 3.8) is 0 Å². The molecule has 0 heterocycles. The molecule has 0 radical (unpaired) electrons. The summed E-state index contributed by atoms with van der Waals surface area (Å²) in [5.74, 6) is 10.6. The maximum absolute atomic E-state index is 12.5. The van der Waals surface area contributed by atoms with Crippen molar-refractivity contribution >= 4 is 35.8 Å². The van der Waals surface area contributed by atoms with E-state index in [4.69, 9.17) is 23.7 Å². The fourth-order valence-corrected chi connectivity index (χ4v) is 20.0. The molecule has 0 aromatic carbocycles. The minimum absolute atomic E-state index is 0.0244. The van der Waals surface area contributed by atoms with Gasteiger partial charge < -0.3 is 48.8 Å². The molecule has 0 aromatic rings. The molecule has 16 heteroatoms. The van der Waals surface area contributed by atoms with Crippen LogP contribution in [0.5, 0.6) is 0 Å². The van der Waals surface area contributed by atoms with Gasteiger partial charge in [0.15, 0.2) is 0 Å². The normalized spacial score (nSPS) is 29.8. The summed E-state index contributed by atoms with van der Waals surface area (Å²) in [5.41, 5.74) is -2.64. The van der Waals surface area contributed by atoms with Crippen molar-refractivity contribution < 1.29 is 77.6 Å². The van der Waals surface area contributed by atoms with E-state index in [1.807, 2.05) is 34.6 Å². The molecule has 0 amide bonds. The topological polar surface area (TPSA) is 239 Å². The second-order valence-electron chi connectivity index (χ2n) is 37.0. The number of methoxy groups -OCH3 is 2. The molecule has 0 bridgehead atoms. The highest BCUT2D eigenvalue weighted by Gasteiger charge is 2.46. The van der Waals surface area contributed by atoms with E-state index in [2.05, 4.69) is 116 Å². The van der Waals surface area contributed by atoms with Crippen LogP contribution in [0.15, 0.2) is 0 Å². The van der Waals surface area contributed by atoms with Gasteiger partial charge in [0.05, 0.1) is 81.9 Å². The Morgan fingerprint density at radius 2 is 0.817 bits per heavy atom. The highest BCUT2D eigenvalue weighted by molar-refractivity contribution is 5.73. The standard InChI is InChI=1S/C18H34O3.C18H34O2.2C15H28O3.C14H26O3.C13H24O2/c1-7-13-9-14(8-2)15(10-13)11-18(6,20)12-16(19)21-17(3,4)5;1-7-14-11-15(8-2)16(12-14)13(5)17(19)20-18(6,9-3)10-4;1-5-11-7-12(6-2)13(8-11)14(16)9-15(17)18-10(3)4;1-5-11-8-12(6-2)13(9-11)15(4,17)10-14(16)18-7-3;1-4-10-6-11(5-2)12(7-10)8-13(15)9-14(16)17-3;1-4-10-8-11(5-2)12(9-10)6-7-13(14)15-3/h13-15,20H,7-12H2,1-6H3;13-16H,7-12H2,1-6H3;10-14,16H,5-9H2,1-4H3;11-13,17H,5-10H2,1-4H3;10-13,15H,4-9H2,1-3H3;10-12H,4-9H2,1-3H3.